The predicted molar refractivity (Wildman–Crippen MR) is 64.0 cm³/mol. The lowest BCUT2D eigenvalue weighted by atomic mass is 10.2. The summed E-state index contributed by atoms with van der Waals surface area (Å²) in [4.78, 5) is 0.757. The van der Waals surface area contributed by atoms with E-state index in [1.54, 1.807) is 10.0 Å². The Kier molecular flexibility index (Phi) is 2.01. The van der Waals surface area contributed by atoms with Gasteiger partial charge in [0.25, 0.3) is 0 Å². The SMILES string of the molecule is c1ccc2c(c1)OC[C@@H](c1nnc3scnn13)O2. The van der Waals surface area contributed by atoms with Crippen molar-refractivity contribution in [2.24, 2.45) is 0 Å². The van der Waals surface area contributed by atoms with Gasteiger partial charge in [0, 0.05) is 0 Å². The Morgan fingerprint density at radius 3 is 3.06 bits per heavy atom. The summed E-state index contributed by atoms with van der Waals surface area (Å²) in [5.41, 5.74) is 1.73. The largest absolute Gasteiger partial charge is 0.485 e. The average molecular weight is 260 g/mol. The Balaban J connectivity index is 1.74. The molecule has 0 N–H and O–H groups in total. The minimum Gasteiger partial charge on any atom is -0.485 e. The van der Waals surface area contributed by atoms with E-state index in [9.17, 15) is 0 Å². The van der Waals surface area contributed by atoms with Crippen LogP contribution in [0, 0.1) is 0 Å². The van der Waals surface area contributed by atoms with E-state index in [4.69, 9.17) is 9.47 Å². The summed E-state index contributed by atoms with van der Waals surface area (Å²) >= 11 is 1.44. The Bertz CT molecular complexity index is 708. The molecule has 3 aromatic rings. The summed E-state index contributed by atoms with van der Waals surface area (Å²) < 4.78 is 13.2. The molecule has 0 saturated heterocycles. The maximum absolute atomic E-state index is 5.87. The van der Waals surface area contributed by atoms with Crippen LogP contribution < -0.4 is 9.47 Å². The third-order valence-corrected chi connectivity index (χ3v) is 3.42. The second-order valence-corrected chi connectivity index (χ2v) is 4.67. The lowest BCUT2D eigenvalue weighted by Crippen LogP contribution is -2.23. The molecule has 1 aromatic carbocycles. The van der Waals surface area contributed by atoms with Gasteiger partial charge >= 0.3 is 0 Å². The second kappa shape index (κ2) is 3.67. The van der Waals surface area contributed by atoms with Crippen LogP contribution >= 0.6 is 11.3 Å². The van der Waals surface area contributed by atoms with E-state index in [2.05, 4.69) is 15.3 Å². The van der Waals surface area contributed by atoms with E-state index >= 15 is 0 Å². The molecule has 0 unspecified atom stereocenters. The molecule has 0 aliphatic carbocycles. The second-order valence-electron chi connectivity index (χ2n) is 3.86. The van der Waals surface area contributed by atoms with Gasteiger partial charge < -0.3 is 9.47 Å². The van der Waals surface area contributed by atoms with Gasteiger partial charge in [-0.05, 0) is 12.1 Å². The minimum atomic E-state index is -0.281. The zero-order valence-corrected chi connectivity index (χ0v) is 10.0. The first kappa shape index (κ1) is 9.84. The van der Waals surface area contributed by atoms with Crippen molar-refractivity contribution in [1.82, 2.24) is 19.8 Å². The molecule has 7 heteroatoms. The molecular weight excluding hydrogens is 252 g/mol. The number of rotatable bonds is 1. The molecule has 1 atom stereocenters. The first-order chi connectivity index (χ1) is 8.92. The molecule has 0 bridgehead atoms. The highest BCUT2D eigenvalue weighted by molar-refractivity contribution is 7.14. The van der Waals surface area contributed by atoms with Gasteiger partial charge in [0.1, 0.15) is 12.1 Å². The molecule has 3 heterocycles. The zero-order chi connectivity index (χ0) is 11.9. The van der Waals surface area contributed by atoms with E-state index in [-0.39, 0.29) is 6.10 Å². The van der Waals surface area contributed by atoms with Crippen molar-refractivity contribution in [1.29, 1.82) is 0 Å². The summed E-state index contributed by atoms with van der Waals surface area (Å²) in [6.07, 6.45) is -0.281. The van der Waals surface area contributed by atoms with Crippen LogP contribution in [-0.4, -0.2) is 26.4 Å². The fraction of sp³-hybridized carbons (Fsp3) is 0.182. The van der Waals surface area contributed by atoms with Crippen LogP contribution in [0.25, 0.3) is 4.96 Å². The Labute approximate surface area is 106 Å². The zero-order valence-electron chi connectivity index (χ0n) is 9.18. The molecule has 0 saturated carbocycles. The fourth-order valence-electron chi connectivity index (χ4n) is 1.92. The number of hydrogen-bond donors (Lipinski definition) is 0. The van der Waals surface area contributed by atoms with Crippen LogP contribution in [0.5, 0.6) is 11.5 Å². The first-order valence-electron chi connectivity index (χ1n) is 5.45. The monoisotopic (exact) mass is 260 g/mol. The normalized spacial score (nSPS) is 18.1. The highest BCUT2D eigenvalue weighted by Crippen LogP contribution is 2.35. The van der Waals surface area contributed by atoms with Crippen LogP contribution in [0.1, 0.15) is 11.9 Å². The van der Waals surface area contributed by atoms with Crippen LogP contribution in [0.15, 0.2) is 29.8 Å². The lowest BCUT2D eigenvalue weighted by Gasteiger charge is -2.24. The van der Waals surface area contributed by atoms with Crippen LogP contribution in [0.3, 0.4) is 0 Å². The van der Waals surface area contributed by atoms with Gasteiger partial charge in [-0.15, -0.1) is 10.2 Å². The van der Waals surface area contributed by atoms with Crippen molar-refractivity contribution >= 4 is 16.3 Å². The molecule has 18 heavy (non-hydrogen) atoms. The Hall–Kier alpha value is -2.15. The molecule has 1 aliphatic heterocycles. The summed E-state index contributed by atoms with van der Waals surface area (Å²) in [5, 5.41) is 12.3. The molecule has 4 rings (SSSR count). The van der Waals surface area contributed by atoms with Gasteiger partial charge in [-0.2, -0.15) is 9.61 Å². The van der Waals surface area contributed by atoms with Crippen molar-refractivity contribution < 1.29 is 9.47 Å². The first-order valence-corrected chi connectivity index (χ1v) is 6.33. The molecule has 0 fully saturated rings. The van der Waals surface area contributed by atoms with Gasteiger partial charge in [-0.25, -0.2) is 0 Å². The summed E-state index contributed by atoms with van der Waals surface area (Å²) in [6.45, 7) is 0.412. The maximum Gasteiger partial charge on any atom is 0.234 e. The number of nitrogens with zero attached hydrogens (tertiary/aromatic N) is 4. The summed E-state index contributed by atoms with van der Waals surface area (Å²) in [6, 6.07) is 7.58. The average Bonchev–Trinajstić information content (AvgIpc) is 3.00. The molecule has 2 aromatic heterocycles. The fourth-order valence-corrected chi connectivity index (χ4v) is 2.49. The summed E-state index contributed by atoms with van der Waals surface area (Å²) in [5.74, 6) is 2.15. The predicted octanol–water partition coefficient (Wildman–Crippen LogP) is 1.70. The Morgan fingerprint density at radius 2 is 2.11 bits per heavy atom. The molecule has 0 amide bonds. The van der Waals surface area contributed by atoms with Crippen LogP contribution in [-0.2, 0) is 0 Å². The van der Waals surface area contributed by atoms with Crippen molar-refractivity contribution in [3.63, 3.8) is 0 Å². The van der Waals surface area contributed by atoms with Crippen molar-refractivity contribution in [2.45, 2.75) is 6.10 Å². The van der Waals surface area contributed by atoms with E-state index in [0.717, 1.165) is 16.5 Å². The number of ether oxygens (including phenoxy) is 2. The highest BCUT2D eigenvalue weighted by Gasteiger charge is 2.27. The van der Waals surface area contributed by atoms with E-state index < -0.39 is 0 Å². The van der Waals surface area contributed by atoms with Crippen LogP contribution in [0.2, 0.25) is 0 Å². The minimum absolute atomic E-state index is 0.281. The molecule has 6 nitrogen and oxygen atoms in total. The molecule has 0 spiro atoms. The standard InChI is InChI=1S/C11H8N4O2S/c1-2-4-8-7(3-1)16-5-9(17-8)10-13-14-11-15(10)12-6-18-11/h1-4,6,9H,5H2/t9-/m0/s1. The number of benzene rings is 1. The lowest BCUT2D eigenvalue weighted by molar-refractivity contribution is 0.0836. The van der Waals surface area contributed by atoms with Crippen molar-refractivity contribution in [3.8, 4) is 11.5 Å². The number of fused-ring (bicyclic) bond motifs is 2. The number of aromatic nitrogens is 4. The van der Waals surface area contributed by atoms with Gasteiger partial charge in [-0.3, -0.25) is 0 Å². The van der Waals surface area contributed by atoms with E-state index in [0.29, 0.717) is 12.4 Å². The van der Waals surface area contributed by atoms with E-state index in [1.165, 1.54) is 11.3 Å². The van der Waals surface area contributed by atoms with Crippen molar-refractivity contribution in [2.75, 3.05) is 6.61 Å². The molecular formula is C11H8N4O2S. The number of hydrogen-bond acceptors (Lipinski definition) is 6. The topological polar surface area (TPSA) is 61.5 Å². The van der Waals surface area contributed by atoms with E-state index in [1.807, 2.05) is 24.3 Å². The third-order valence-electron chi connectivity index (χ3n) is 2.75. The Morgan fingerprint density at radius 1 is 1.22 bits per heavy atom. The quantitative estimate of drug-likeness (QED) is 0.666. The highest BCUT2D eigenvalue weighted by atomic mass is 32.1. The smallest absolute Gasteiger partial charge is 0.234 e. The van der Waals surface area contributed by atoms with Gasteiger partial charge in [0.15, 0.2) is 23.4 Å². The van der Waals surface area contributed by atoms with Gasteiger partial charge in [0.05, 0.1) is 0 Å². The van der Waals surface area contributed by atoms with Crippen molar-refractivity contribution in [3.05, 3.63) is 35.6 Å². The molecule has 0 radical (unpaired) electrons. The van der Waals surface area contributed by atoms with Gasteiger partial charge in [-0.1, -0.05) is 23.5 Å². The maximum atomic E-state index is 5.87. The third kappa shape index (κ3) is 1.37. The molecule has 90 valence electrons. The molecule has 1 aliphatic rings. The van der Waals surface area contributed by atoms with Gasteiger partial charge in [0.2, 0.25) is 4.96 Å². The summed E-state index contributed by atoms with van der Waals surface area (Å²) in [7, 11) is 0. The number of para-hydroxylation sites is 2. The van der Waals surface area contributed by atoms with Crippen LogP contribution in [0.4, 0.5) is 0 Å².